The van der Waals surface area contributed by atoms with Gasteiger partial charge in [0.05, 0.1) is 18.1 Å². The van der Waals surface area contributed by atoms with Crippen molar-refractivity contribution < 1.29 is 14.3 Å². The van der Waals surface area contributed by atoms with Crippen LogP contribution in [0.5, 0.6) is 5.75 Å². The number of hydrogen-bond acceptors (Lipinski definition) is 4. The van der Waals surface area contributed by atoms with Crippen molar-refractivity contribution in [2.75, 3.05) is 13.2 Å². The number of pyridine rings is 1. The number of amides is 2. The second-order valence-corrected chi connectivity index (χ2v) is 5.33. The van der Waals surface area contributed by atoms with Crippen molar-refractivity contribution in [1.29, 1.82) is 0 Å². The van der Waals surface area contributed by atoms with Crippen LogP contribution in [0.2, 0.25) is 0 Å². The smallest absolute Gasteiger partial charge is 0.252 e. The molecule has 3 N–H and O–H groups in total. The topological polar surface area (TPSA) is 94.3 Å². The highest BCUT2D eigenvalue weighted by molar-refractivity contribution is 5.94. The average Bonchev–Trinajstić information content (AvgIpc) is 2.60. The zero-order valence-electron chi connectivity index (χ0n) is 13.6. The maximum Gasteiger partial charge on any atom is 0.252 e. The van der Waals surface area contributed by atoms with Crippen LogP contribution in [-0.4, -0.2) is 29.9 Å². The number of carbonyl (C=O) groups excluding carboxylic acids is 2. The molecule has 0 saturated heterocycles. The SMILES string of the molecule is CCOc1ccc(C[C@H](CNC(=O)c2cccnc2)C(N)=O)cc1. The summed E-state index contributed by atoms with van der Waals surface area (Å²) in [6.07, 6.45) is 3.52. The van der Waals surface area contributed by atoms with E-state index in [0.29, 0.717) is 18.6 Å². The molecule has 0 aliphatic carbocycles. The Morgan fingerprint density at radius 3 is 2.58 bits per heavy atom. The maximum atomic E-state index is 12.0. The summed E-state index contributed by atoms with van der Waals surface area (Å²) in [6.45, 7) is 2.70. The van der Waals surface area contributed by atoms with E-state index in [-0.39, 0.29) is 12.5 Å². The Morgan fingerprint density at radius 2 is 2.00 bits per heavy atom. The number of hydrogen-bond donors (Lipinski definition) is 2. The number of benzene rings is 1. The highest BCUT2D eigenvalue weighted by Crippen LogP contribution is 2.15. The van der Waals surface area contributed by atoms with Crippen molar-refractivity contribution >= 4 is 11.8 Å². The third kappa shape index (κ3) is 5.08. The molecule has 0 fully saturated rings. The van der Waals surface area contributed by atoms with Crippen LogP contribution in [-0.2, 0) is 11.2 Å². The van der Waals surface area contributed by atoms with Gasteiger partial charge in [0.25, 0.3) is 5.91 Å². The molecule has 2 amide bonds. The summed E-state index contributed by atoms with van der Waals surface area (Å²) in [6, 6.07) is 10.8. The molecule has 6 nitrogen and oxygen atoms in total. The Balaban J connectivity index is 1.94. The Bertz CT molecular complexity index is 672. The van der Waals surface area contributed by atoms with Crippen LogP contribution in [0, 0.1) is 5.92 Å². The first-order valence-electron chi connectivity index (χ1n) is 7.79. The van der Waals surface area contributed by atoms with Crippen LogP contribution < -0.4 is 15.8 Å². The second-order valence-electron chi connectivity index (χ2n) is 5.33. The second kappa shape index (κ2) is 8.67. The summed E-state index contributed by atoms with van der Waals surface area (Å²) in [4.78, 5) is 27.6. The van der Waals surface area contributed by atoms with E-state index in [1.165, 1.54) is 6.20 Å². The third-order valence-electron chi connectivity index (χ3n) is 3.55. The van der Waals surface area contributed by atoms with Gasteiger partial charge in [-0.3, -0.25) is 14.6 Å². The zero-order valence-corrected chi connectivity index (χ0v) is 13.6. The maximum absolute atomic E-state index is 12.0. The molecule has 6 heteroatoms. The Hall–Kier alpha value is -2.89. The molecule has 2 rings (SSSR count). The first-order chi connectivity index (χ1) is 11.6. The van der Waals surface area contributed by atoms with Gasteiger partial charge in [-0.05, 0) is 43.2 Å². The Morgan fingerprint density at radius 1 is 1.25 bits per heavy atom. The van der Waals surface area contributed by atoms with Gasteiger partial charge in [-0.15, -0.1) is 0 Å². The van der Waals surface area contributed by atoms with Crippen molar-refractivity contribution in [3.63, 3.8) is 0 Å². The molecule has 2 aromatic rings. The largest absolute Gasteiger partial charge is 0.494 e. The van der Waals surface area contributed by atoms with E-state index >= 15 is 0 Å². The van der Waals surface area contributed by atoms with E-state index in [1.54, 1.807) is 18.3 Å². The summed E-state index contributed by atoms with van der Waals surface area (Å²) in [5.74, 6) is -0.429. The first-order valence-corrected chi connectivity index (χ1v) is 7.79. The average molecular weight is 327 g/mol. The lowest BCUT2D eigenvalue weighted by Crippen LogP contribution is -2.37. The molecule has 1 atom stereocenters. The van der Waals surface area contributed by atoms with Gasteiger partial charge in [-0.1, -0.05) is 12.1 Å². The van der Waals surface area contributed by atoms with Crippen molar-refractivity contribution in [1.82, 2.24) is 10.3 Å². The van der Waals surface area contributed by atoms with Crippen LogP contribution >= 0.6 is 0 Å². The minimum Gasteiger partial charge on any atom is -0.494 e. The van der Waals surface area contributed by atoms with Gasteiger partial charge in [0.1, 0.15) is 5.75 Å². The molecule has 1 heterocycles. The predicted octanol–water partition coefficient (Wildman–Crippen LogP) is 1.55. The molecule has 0 aliphatic rings. The van der Waals surface area contributed by atoms with Crippen LogP contribution in [0.4, 0.5) is 0 Å². The number of nitrogens with two attached hydrogens (primary N) is 1. The highest BCUT2D eigenvalue weighted by atomic mass is 16.5. The van der Waals surface area contributed by atoms with Crippen molar-refractivity contribution in [2.45, 2.75) is 13.3 Å². The number of aromatic nitrogens is 1. The summed E-state index contributed by atoms with van der Waals surface area (Å²) >= 11 is 0. The lowest BCUT2D eigenvalue weighted by Gasteiger charge is -2.15. The fourth-order valence-electron chi connectivity index (χ4n) is 2.26. The van der Waals surface area contributed by atoms with Gasteiger partial charge in [-0.2, -0.15) is 0 Å². The summed E-state index contributed by atoms with van der Waals surface area (Å²) in [5.41, 5.74) is 6.86. The lowest BCUT2D eigenvalue weighted by atomic mass is 9.98. The summed E-state index contributed by atoms with van der Waals surface area (Å²) in [7, 11) is 0. The van der Waals surface area contributed by atoms with E-state index in [4.69, 9.17) is 10.5 Å². The van der Waals surface area contributed by atoms with Crippen LogP contribution in [0.3, 0.4) is 0 Å². The number of ether oxygens (including phenoxy) is 1. The minimum atomic E-state index is -0.483. The molecule has 126 valence electrons. The van der Waals surface area contributed by atoms with E-state index < -0.39 is 11.8 Å². The van der Waals surface area contributed by atoms with E-state index in [1.807, 2.05) is 31.2 Å². The van der Waals surface area contributed by atoms with Crippen LogP contribution in [0.15, 0.2) is 48.8 Å². The van der Waals surface area contributed by atoms with Crippen molar-refractivity contribution in [3.05, 3.63) is 59.9 Å². The van der Waals surface area contributed by atoms with Gasteiger partial charge >= 0.3 is 0 Å². The molecule has 1 aromatic heterocycles. The number of primary amides is 1. The fraction of sp³-hybridized carbons (Fsp3) is 0.278. The van der Waals surface area contributed by atoms with E-state index in [0.717, 1.165) is 11.3 Å². The highest BCUT2D eigenvalue weighted by Gasteiger charge is 2.17. The minimum absolute atomic E-state index is 0.177. The molecular weight excluding hydrogens is 306 g/mol. The molecule has 0 spiro atoms. The van der Waals surface area contributed by atoms with E-state index in [9.17, 15) is 9.59 Å². The van der Waals surface area contributed by atoms with Gasteiger partial charge < -0.3 is 15.8 Å². The number of rotatable bonds is 8. The molecule has 24 heavy (non-hydrogen) atoms. The van der Waals surface area contributed by atoms with Gasteiger partial charge in [-0.25, -0.2) is 0 Å². The quantitative estimate of drug-likeness (QED) is 0.769. The number of carbonyl (C=O) groups is 2. The number of nitrogens with one attached hydrogen (secondary N) is 1. The molecule has 0 aliphatic heterocycles. The molecule has 0 saturated carbocycles. The standard InChI is InChI=1S/C18H21N3O3/c1-2-24-16-7-5-13(6-8-16)10-15(17(19)22)12-21-18(23)14-4-3-9-20-11-14/h3-9,11,15H,2,10,12H2,1H3,(H2,19,22)(H,21,23)/t15-/m1/s1. The molecule has 1 aromatic carbocycles. The lowest BCUT2D eigenvalue weighted by molar-refractivity contribution is -0.121. The summed E-state index contributed by atoms with van der Waals surface area (Å²) < 4.78 is 5.39. The molecule has 0 unspecified atom stereocenters. The fourth-order valence-corrected chi connectivity index (χ4v) is 2.26. The molecular formula is C18H21N3O3. The monoisotopic (exact) mass is 327 g/mol. The third-order valence-corrected chi connectivity index (χ3v) is 3.55. The van der Waals surface area contributed by atoms with Crippen LogP contribution in [0.25, 0.3) is 0 Å². The van der Waals surface area contributed by atoms with Gasteiger partial charge in [0.15, 0.2) is 0 Å². The van der Waals surface area contributed by atoms with Crippen LogP contribution in [0.1, 0.15) is 22.8 Å². The van der Waals surface area contributed by atoms with Gasteiger partial charge in [0, 0.05) is 18.9 Å². The Kier molecular flexibility index (Phi) is 6.31. The van der Waals surface area contributed by atoms with Crippen molar-refractivity contribution in [2.24, 2.45) is 11.7 Å². The number of nitrogens with zero attached hydrogens (tertiary/aromatic N) is 1. The molecule has 0 radical (unpaired) electrons. The van der Waals surface area contributed by atoms with Gasteiger partial charge in [0.2, 0.25) is 5.91 Å². The van der Waals surface area contributed by atoms with Crippen molar-refractivity contribution in [3.8, 4) is 5.75 Å². The Labute approximate surface area is 141 Å². The van der Waals surface area contributed by atoms with E-state index in [2.05, 4.69) is 10.3 Å². The normalized spacial score (nSPS) is 11.5. The summed E-state index contributed by atoms with van der Waals surface area (Å²) in [5, 5.41) is 2.73. The zero-order chi connectivity index (χ0) is 17.4. The first kappa shape index (κ1) is 17.5. The predicted molar refractivity (Wildman–Crippen MR) is 90.6 cm³/mol. The molecule has 0 bridgehead atoms.